The number of carbonyl (C=O) groups excluding carboxylic acids is 1. The minimum Gasteiger partial charge on any atom is -0.353 e. The Balaban J connectivity index is 0.00000243. The molecule has 3 unspecified atom stereocenters. The quantitative estimate of drug-likeness (QED) is 0.688. The number of nitrogens with zero attached hydrogens (tertiary/aromatic N) is 1. The fraction of sp³-hybridized carbons (Fsp3) is 0.529. The summed E-state index contributed by atoms with van der Waals surface area (Å²) >= 11 is 0. The molecule has 1 heterocycles. The lowest BCUT2D eigenvalue weighted by Crippen LogP contribution is -2.40. The molecule has 0 bridgehead atoms. The molecule has 0 saturated heterocycles. The van der Waals surface area contributed by atoms with Gasteiger partial charge >= 0.3 is 0 Å². The van der Waals surface area contributed by atoms with Crippen molar-refractivity contribution in [2.45, 2.75) is 49.6 Å². The van der Waals surface area contributed by atoms with Crippen LogP contribution >= 0.6 is 12.4 Å². The van der Waals surface area contributed by atoms with Crippen LogP contribution in [0.4, 0.5) is 0 Å². The third-order valence-corrected chi connectivity index (χ3v) is 6.20. The first-order valence-electron chi connectivity index (χ1n) is 8.60. The van der Waals surface area contributed by atoms with Gasteiger partial charge in [-0.15, -0.1) is 12.4 Å². The predicted octanol–water partition coefficient (Wildman–Crippen LogP) is 1.17. The van der Waals surface area contributed by atoms with Crippen molar-refractivity contribution < 1.29 is 13.2 Å². The van der Waals surface area contributed by atoms with E-state index in [0.717, 1.165) is 19.3 Å². The first kappa shape index (κ1) is 20.7. The normalized spacial score (nSPS) is 25.8. The fourth-order valence-electron chi connectivity index (χ4n) is 3.54. The number of amides is 1. The number of hydrogen-bond donors (Lipinski definition) is 3. The summed E-state index contributed by atoms with van der Waals surface area (Å²) in [5, 5.41) is 3.04. The van der Waals surface area contributed by atoms with E-state index < -0.39 is 10.0 Å². The van der Waals surface area contributed by atoms with Gasteiger partial charge in [0, 0.05) is 18.0 Å². The molecule has 9 heteroatoms. The van der Waals surface area contributed by atoms with Gasteiger partial charge in [0.25, 0.3) is 10.0 Å². The molecule has 2 aliphatic rings. The molecule has 0 aromatic heterocycles. The number of rotatable bonds is 5. The number of amidine groups is 1. The minimum absolute atomic E-state index is 0. The molecule has 3 rings (SSSR count). The van der Waals surface area contributed by atoms with Crippen molar-refractivity contribution in [1.29, 1.82) is 0 Å². The Hall–Kier alpha value is -1.64. The predicted molar refractivity (Wildman–Crippen MR) is 103 cm³/mol. The number of hydrogen-bond acceptors (Lipinski definition) is 5. The first-order chi connectivity index (χ1) is 11.9. The summed E-state index contributed by atoms with van der Waals surface area (Å²) in [4.78, 5) is 16.9. The Morgan fingerprint density at radius 2 is 2.12 bits per heavy atom. The average molecular weight is 401 g/mol. The van der Waals surface area contributed by atoms with Crippen LogP contribution in [0.15, 0.2) is 34.2 Å². The van der Waals surface area contributed by atoms with E-state index >= 15 is 0 Å². The van der Waals surface area contributed by atoms with Gasteiger partial charge in [0.05, 0.1) is 10.9 Å². The maximum absolute atomic E-state index is 12.3. The van der Waals surface area contributed by atoms with Gasteiger partial charge < -0.3 is 11.1 Å². The van der Waals surface area contributed by atoms with Crippen molar-refractivity contribution in [3.05, 3.63) is 29.8 Å². The van der Waals surface area contributed by atoms with Crippen molar-refractivity contribution in [3.8, 4) is 0 Å². The van der Waals surface area contributed by atoms with E-state index in [-0.39, 0.29) is 41.7 Å². The standard InChI is InChI=1S/C17H24N4O3S.ClH/c1-11(9-16(22)20-14-7-4-5-12(14)10-18)19-17-13-6-2-3-8-15(13)25(23,24)21-17;/h2-3,6,8,11-12,14H,4-5,7,9-10,18H2,1H3,(H,19,21)(H,20,22);1H. The Morgan fingerprint density at radius 1 is 1.38 bits per heavy atom. The van der Waals surface area contributed by atoms with Crippen LogP contribution in [0.1, 0.15) is 38.2 Å². The molecular formula is C17H25ClN4O3S. The number of halogens is 1. The molecule has 3 atom stereocenters. The summed E-state index contributed by atoms with van der Waals surface area (Å²) in [5.74, 6) is 0.576. The number of nitrogens with one attached hydrogen (secondary N) is 2. The maximum atomic E-state index is 12.3. The fourth-order valence-corrected chi connectivity index (χ4v) is 4.78. The number of aliphatic imine (C=N–C) groups is 1. The third-order valence-electron chi connectivity index (χ3n) is 4.80. The number of sulfonamides is 1. The van der Waals surface area contributed by atoms with Gasteiger partial charge in [-0.3, -0.25) is 14.5 Å². The van der Waals surface area contributed by atoms with Crippen LogP contribution in [0.2, 0.25) is 0 Å². The van der Waals surface area contributed by atoms with E-state index in [0.29, 0.717) is 23.9 Å². The first-order valence-corrected chi connectivity index (χ1v) is 10.1. The lowest BCUT2D eigenvalue weighted by Gasteiger charge is -2.20. The van der Waals surface area contributed by atoms with Crippen molar-refractivity contribution in [1.82, 2.24) is 10.0 Å². The summed E-state index contributed by atoms with van der Waals surface area (Å²) in [5.41, 5.74) is 6.29. The van der Waals surface area contributed by atoms with Crippen molar-refractivity contribution >= 4 is 34.2 Å². The van der Waals surface area contributed by atoms with E-state index in [9.17, 15) is 13.2 Å². The Bertz CT molecular complexity index is 797. The van der Waals surface area contributed by atoms with Crippen molar-refractivity contribution in [3.63, 3.8) is 0 Å². The highest BCUT2D eigenvalue weighted by atomic mass is 35.5. The molecule has 7 nitrogen and oxygen atoms in total. The zero-order valence-electron chi connectivity index (χ0n) is 14.6. The molecule has 0 radical (unpaired) electrons. The van der Waals surface area contributed by atoms with Gasteiger partial charge in [0.2, 0.25) is 5.91 Å². The van der Waals surface area contributed by atoms with Crippen LogP contribution in [0, 0.1) is 5.92 Å². The molecule has 26 heavy (non-hydrogen) atoms. The molecule has 1 amide bonds. The molecule has 1 saturated carbocycles. The Kier molecular flexibility index (Phi) is 6.65. The summed E-state index contributed by atoms with van der Waals surface area (Å²) in [6.45, 7) is 2.39. The van der Waals surface area contributed by atoms with Crippen LogP contribution in [0.5, 0.6) is 0 Å². The number of benzene rings is 1. The van der Waals surface area contributed by atoms with Gasteiger partial charge in [-0.25, -0.2) is 8.42 Å². The lowest BCUT2D eigenvalue weighted by atomic mass is 10.0. The van der Waals surface area contributed by atoms with Gasteiger partial charge in [-0.2, -0.15) is 0 Å². The van der Waals surface area contributed by atoms with E-state index in [2.05, 4.69) is 15.0 Å². The van der Waals surface area contributed by atoms with E-state index in [1.807, 2.05) is 0 Å². The van der Waals surface area contributed by atoms with Crippen molar-refractivity contribution in [2.75, 3.05) is 6.54 Å². The third kappa shape index (κ3) is 4.36. The molecule has 0 spiro atoms. The topological polar surface area (TPSA) is 114 Å². The Morgan fingerprint density at radius 3 is 2.85 bits per heavy atom. The highest BCUT2D eigenvalue weighted by Crippen LogP contribution is 2.25. The second-order valence-electron chi connectivity index (χ2n) is 6.73. The van der Waals surface area contributed by atoms with Crippen LogP contribution in [-0.2, 0) is 14.8 Å². The number of fused-ring (bicyclic) bond motifs is 1. The highest BCUT2D eigenvalue weighted by Gasteiger charge is 2.31. The summed E-state index contributed by atoms with van der Waals surface area (Å²) in [6.07, 6.45) is 3.31. The minimum atomic E-state index is -3.55. The molecule has 1 aliphatic heterocycles. The Labute approximate surface area is 160 Å². The van der Waals surface area contributed by atoms with Gasteiger partial charge in [-0.05, 0) is 44.4 Å². The largest absolute Gasteiger partial charge is 0.353 e. The monoisotopic (exact) mass is 400 g/mol. The van der Waals surface area contributed by atoms with E-state index in [4.69, 9.17) is 5.73 Å². The van der Waals surface area contributed by atoms with Gasteiger partial charge in [0.1, 0.15) is 5.84 Å². The molecule has 1 aromatic rings. The van der Waals surface area contributed by atoms with Crippen LogP contribution in [0.25, 0.3) is 0 Å². The summed E-state index contributed by atoms with van der Waals surface area (Å²) in [6, 6.07) is 6.51. The SMILES string of the molecule is CC(CC(=O)NC1CCCC1CN)N=C1NS(=O)(=O)c2ccccc21.Cl. The second kappa shape index (κ2) is 8.37. The average Bonchev–Trinajstić information content (AvgIpc) is 3.10. The van der Waals surface area contributed by atoms with Crippen molar-refractivity contribution in [2.24, 2.45) is 16.6 Å². The van der Waals surface area contributed by atoms with E-state index in [1.54, 1.807) is 31.2 Å². The van der Waals surface area contributed by atoms with E-state index in [1.165, 1.54) is 0 Å². The van der Waals surface area contributed by atoms with Crippen LogP contribution < -0.4 is 15.8 Å². The summed E-state index contributed by atoms with van der Waals surface area (Å²) < 4.78 is 26.6. The molecular weight excluding hydrogens is 376 g/mol. The number of carbonyl (C=O) groups is 1. The summed E-state index contributed by atoms with van der Waals surface area (Å²) in [7, 11) is -3.55. The van der Waals surface area contributed by atoms with Crippen LogP contribution in [0.3, 0.4) is 0 Å². The van der Waals surface area contributed by atoms with Gasteiger partial charge in [0.15, 0.2) is 0 Å². The molecule has 4 N–H and O–H groups in total. The lowest BCUT2D eigenvalue weighted by molar-refractivity contribution is -0.122. The molecule has 1 aliphatic carbocycles. The zero-order chi connectivity index (χ0) is 18.0. The van der Waals surface area contributed by atoms with Gasteiger partial charge in [-0.1, -0.05) is 18.6 Å². The smallest absolute Gasteiger partial charge is 0.263 e. The second-order valence-corrected chi connectivity index (χ2v) is 8.38. The number of nitrogens with two attached hydrogens (primary N) is 1. The molecule has 1 aromatic carbocycles. The maximum Gasteiger partial charge on any atom is 0.263 e. The molecule has 1 fully saturated rings. The highest BCUT2D eigenvalue weighted by molar-refractivity contribution is 7.90. The zero-order valence-corrected chi connectivity index (χ0v) is 16.3. The van der Waals surface area contributed by atoms with Crippen LogP contribution in [-0.4, -0.2) is 38.8 Å². The molecule has 144 valence electrons.